The second-order valence-electron chi connectivity index (χ2n) is 3.36. The molecule has 0 amide bonds. The molecule has 2 heterocycles. The van der Waals surface area contributed by atoms with Crippen molar-refractivity contribution in [1.29, 1.82) is 0 Å². The first-order valence-corrected chi connectivity index (χ1v) is 6.27. The van der Waals surface area contributed by atoms with E-state index in [9.17, 15) is 0 Å². The van der Waals surface area contributed by atoms with Gasteiger partial charge in [0, 0.05) is 18.1 Å². The third-order valence-corrected chi connectivity index (χ3v) is 3.14. The summed E-state index contributed by atoms with van der Waals surface area (Å²) < 4.78 is 1.61. The molecule has 90 valence electrons. The smallest absolute Gasteiger partial charge is 0.209 e. The van der Waals surface area contributed by atoms with E-state index in [4.69, 9.17) is 5.11 Å². The van der Waals surface area contributed by atoms with Crippen LogP contribution in [0.5, 0.6) is 0 Å². The Morgan fingerprint density at radius 1 is 1.29 bits per heavy atom. The van der Waals surface area contributed by atoms with Gasteiger partial charge >= 0.3 is 0 Å². The maximum Gasteiger partial charge on any atom is 0.209 e. The lowest BCUT2D eigenvalue weighted by atomic mass is 10.2. The van der Waals surface area contributed by atoms with Gasteiger partial charge in [0.25, 0.3) is 0 Å². The van der Waals surface area contributed by atoms with Gasteiger partial charge in [-0.25, -0.2) is 4.68 Å². The number of aromatic nitrogens is 5. The van der Waals surface area contributed by atoms with Crippen LogP contribution in [-0.4, -0.2) is 42.7 Å². The topological polar surface area (TPSA) is 76.7 Å². The maximum absolute atomic E-state index is 8.83. The van der Waals surface area contributed by atoms with E-state index in [0.717, 1.165) is 17.3 Å². The minimum absolute atomic E-state index is 0.0446. The first-order chi connectivity index (χ1) is 8.40. The number of pyridine rings is 1. The number of nitrogens with zero attached hydrogens (tertiary/aromatic N) is 5. The van der Waals surface area contributed by atoms with Crippen LogP contribution in [0.3, 0.4) is 0 Å². The molecule has 0 fully saturated rings. The molecular formula is C10H13N5OS. The molecule has 7 heteroatoms. The SMILES string of the molecule is OCCn1nnnc1SCCc1ccncc1. The lowest BCUT2D eigenvalue weighted by Gasteiger charge is -2.02. The Labute approximate surface area is 103 Å². The van der Waals surface area contributed by atoms with E-state index >= 15 is 0 Å². The highest BCUT2D eigenvalue weighted by atomic mass is 32.2. The van der Waals surface area contributed by atoms with Crippen LogP contribution in [0.4, 0.5) is 0 Å². The zero-order chi connectivity index (χ0) is 11.9. The fraction of sp³-hybridized carbons (Fsp3) is 0.400. The van der Waals surface area contributed by atoms with Gasteiger partial charge in [0.1, 0.15) is 0 Å². The average molecular weight is 251 g/mol. The molecule has 0 bridgehead atoms. The number of aliphatic hydroxyl groups is 1. The molecule has 6 nitrogen and oxygen atoms in total. The van der Waals surface area contributed by atoms with Gasteiger partial charge in [-0.3, -0.25) is 4.98 Å². The summed E-state index contributed by atoms with van der Waals surface area (Å²) in [6, 6.07) is 3.99. The van der Waals surface area contributed by atoms with E-state index in [1.54, 1.807) is 28.8 Å². The van der Waals surface area contributed by atoms with Crippen LogP contribution in [-0.2, 0) is 13.0 Å². The fourth-order valence-electron chi connectivity index (χ4n) is 1.34. The van der Waals surface area contributed by atoms with Crippen molar-refractivity contribution in [3.05, 3.63) is 30.1 Å². The maximum atomic E-state index is 8.83. The van der Waals surface area contributed by atoms with Crippen LogP contribution < -0.4 is 0 Å². The van der Waals surface area contributed by atoms with Gasteiger partial charge < -0.3 is 5.11 Å². The summed E-state index contributed by atoms with van der Waals surface area (Å²) in [6.07, 6.45) is 4.52. The number of aryl methyl sites for hydroxylation is 1. The number of rotatable bonds is 6. The van der Waals surface area contributed by atoms with Gasteiger partial charge in [0.2, 0.25) is 5.16 Å². The summed E-state index contributed by atoms with van der Waals surface area (Å²) in [5.74, 6) is 0.899. The standard InChI is InChI=1S/C10H13N5OS/c16-7-6-15-10(12-13-14-15)17-8-3-9-1-4-11-5-2-9/h1-2,4-5,16H,3,6-8H2. The first kappa shape index (κ1) is 12.0. The van der Waals surface area contributed by atoms with Crippen LogP contribution in [0, 0.1) is 0 Å². The molecule has 0 spiro atoms. The van der Waals surface area contributed by atoms with Crippen LogP contribution in [0.15, 0.2) is 29.7 Å². The van der Waals surface area contributed by atoms with Gasteiger partial charge in [-0.15, -0.1) is 5.10 Å². The summed E-state index contributed by atoms with van der Waals surface area (Å²) in [4.78, 5) is 3.97. The van der Waals surface area contributed by atoms with Crippen molar-refractivity contribution in [1.82, 2.24) is 25.2 Å². The summed E-state index contributed by atoms with van der Waals surface area (Å²) in [7, 11) is 0. The van der Waals surface area contributed by atoms with Gasteiger partial charge in [0.05, 0.1) is 13.2 Å². The minimum atomic E-state index is 0.0446. The van der Waals surface area contributed by atoms with E-state index in [-0.39, 0.29) is 6.61 Å². The van der Waals surface area contributed by atoms with E-state index in [2.05, 4.69) is 20.5 Å². The van der Waals surface area contributed by atoms with E-state index in [0.29, 0.717) is 6.54 Å². The monoisotopic (exact) mass is 251 g/mol. The molecule has 0 saturated carbocycles. The number of hydrogen-bond acceptors (Lipinski definition) is 6. The van der Waals surface area contributed by atoms with Crippen LogP contribution in [0.2, 0.25) is 0 Å². The summed E-state index contributed by atoms with van der Waals surface area (Å²) >= 11 is 1.58. The fourth-order valence-corrected chi connectivity index (χ4v) is 2.24. The summed E-state index contributed by atoms with van der Waals surface area (Å²) in [5.41, 5.74) is 1.24. The Balaban J connectivity index is 1.84. The van der Waals surface area contributed by atoms with Crippen molar-refractivity contribution in [2.24, 2.45) is 0 Å². The van der Waals surface area contributed by atoms with E-state index in [1.165, 1.54) is 5.56 Å². The third kappa shape index (κ3) is 3.50. The normalized spacial score (nSPS) is 10.6. The van der Waals surface area contributed by atoms with Crippen molar-refractivity contribution in [3.8, 4) is 0 Å². The Hall–Kier alpha value is -1.47. The molecule has 2 rings (SSSR count). The largest absolute Gasteiger partial charge is 0.394 e. The Bertz CT molecular complexity index is 447. The zero-order valence-corrected chi connectivity index (χ0v) is 10.0. The second-order valence-corrected chi connectivity index (χ2v) is 4.42. The molecule has 0 radical (unpaired) electrons. The number of tetrazole rings is 1. The zero-order valence-electron chi connectivity index (χ0n) is 9.23. The molecule has 0 unspecified atom stereocenters. The molecule has 0 aliphatic rings. The lowest BCUT2D eigenvalue weighted by Crippen LogP contribution is -2.06. The van der Waals surface area contributed by atoms with Gasteiger partial charge in [0.15, 0.2) is 0 Å². The molecule has 0 aromatic carbocycles. The van der Waals surface area contributed by atoms with Crippen LogP contribution in [0.25, 0.3) is 0 Å². The van der Waals surface area contributed by atoms with Gasteiger partial charge in [-0.2, -0.15) is 0 Å². The van der Waals surface area contributed by atoms with E-state index < -0.39 is 0 Å². The second kappa shape index (κ2) is 6.31. The van der Waals surface area contributed by atoms with Crippen molar-refractivity contribution in [2.45, 2.75) is 18.1 Å². The molecule has 0 aliphatic heterocycles. The molecule has 17 heavy (non-hydrogen) atoms. The highest BCUT2D eigenvalue weighted by Crippen LogP contribution is 2.15. The van der Waals surface area contributed by atoms with Gasteiger partial charge in [-0.1, -0.05) is 11.8 Å². The number of thioether (sulfide) groups is 1. The number of aliphatic hydroxyl groups excluding tert-OH is 1. The third-order valence-electron chi connectivity index (χ3n) is 2.18. The van der Waals surface area contributed by atoms with Crippen LogP contribution in [0.1, 0.15) is 5.56 Å². The minimum Gasteiger partial charge on any atom is -0.394 e. The molecule has 0 saturated heterocycles. The highest BCUT2D eigenvalue weighted by molar-refractivity contribution is 7.99. The summed E-state index contributed by atoms with van der Waals surface area (Å²) in [6.45, 7) is 0.480. The predicted molar refractivity (Wildman–Crippen MR) is 63.6 cm³/mol. The predicted octanol–water partition coefficient (Wildman–Crippen LogP) is 0.395. The van der Waals surface area contributed by atoms with Crippen molar-refractivity contribution < 1.29 is 5.11 Å². The molecule has 0 atom stereocenters. The average Bonchev–Trinajstić information content (AvgIpc) is 2.79. The Kier molecular flexibility index (Phi) is 4.45. The lowest BCUT2D eigenvalue weighted by molar-refractivity contribution is 0.262. The molecular weight excluding hydrogens is 238 g/mol. The van der Waals surface area contributed by atoms with Crippen molar-refractivity contribution >= 4 is 11.8 Å². The first-order valence-electron chi connectivity index (χ1n) is 5.29. The molecule has 2 aromatic heterocycles. The Morgan fingerprint density at radius 2 is 2.12 bits per heavy atom. The highest BCUT2D eigenvalue weighted by Gasteiger charge is 2.05. The molecule has 2 aromatic rings. The molecule has 0 aliphatic carbocycles. The Morgan fingerprint density at radius 3 is 2.88 bits per heavy atom. The molecule has 1 N–H and O–H groups in total. The quantitative estimate of drug-likeness (QED) is 0.749. The number of hydrogen-bond donors (Lipinski definition) is 1. The van der Waals surface area contributed by atoms with Crippen molar-refractivity contribution in [2.75, 3.05) is 12.4 Å². The summed E-state index contributed by atoms with van der Waals surface area (Å²) in [5, 5.41) is 20.9. The van der Waals surface area contributed by atoms with Crippen molar-refractivity contribution in [3.63, 3.8) is 0 Å². The van der Waals surface area contributed by atoms with Crippen LogP contribution >= 0.6 is 11.8 Å². The van der Waals surface area contributed by atoms with Gasteiger partial charge in [-0.05, 0) is 34.5 Å². The van der Waals surface area contributed by atoms with E-state index in [1.807, 2.05) is 12.1 Å².